The highest BCUT2D eigenvalue weighted by Gasteiger charge is 2.19. The van der Waals surface area contributed by atoms with Crippen molar-refractivity contribution in [1.82, 2.24) is 4.90 Å². The van der Waals surface area contributed by atoms with Gasteiger partial charge in [-0.1, -0.05) is 30.5 Å². The van der Waals surface area contributed by atoms with E-state index in [-0.39, 0.29) is 0 Å². The van der Waals surface area contributed by atoms with E-state index in [0.29, 0.717) is 0 Å². The van der Waals surface area contributed by atoms with E-state index in [1.165, 1.54) is 73.5 Å². The van der Waals surface area contributed by atoms with Gasteiger partial charge in [0.25, 0.3) is 0 Å². The Morgan fingerprint density at radius 1 is 0.960 bits per heavy atom. The minimum absolute atomic E-state index is 0.909. The zero-order chi connectivity index (χ0) is 17.3. The van der Waals surface area contributed by atoms with Gasteiger partial charge in [0.2, 0.25) is 0 Å². The molecule has 1 fully saturated rings. The highest BCUT2D eigenvalue weighted by Crippen LogP contribution is 2.36. The molecule has 0 atom stereocenters. The van der Waals surface area contributed by atoms with Gasteiger partial charge in [0.15, 0.2) is 0 Å². The SMILES string of the molecule is COCCCCCCN1CCC(=C(c2cccs2)c2cccs2)CC1. The summed E-state index contributed by atoms with van der Waals surface area (Å²) < 4.78 is 5.12. The summed E-state index contributed by atoms with van der Waals surface area (Å²) in [5.41, 5.74) is 3.17. The predicted molar refractivity (Wildman–Crippen MR) is 111 cm³/mol. The minimum Gasteiger partial charge on any atom is -0.385 e. The number of piperidine rings is 1. The molecule has 1 aliphatic rings. The Labute approximate surface area is 160 Å². The summed E-state index contributed by atoms with van der Waals surface area (Å²) in [6.07, 6.45) is 7.59. The Morgan fingerprint density at radius 2 is 1.60 bits per heavy atom. The van der Waals surface area contributed by atoms with Crippen LogP contribution in [0.15, 0.2) is 40.6 Å². The maximum atomic E-state index is 5.12. The monoisotopic (exact) mass is 375 g/mol. The lowest BCUT2D eigenvalue weighted by Gasteiger charge is -2.29. The van der Waals surface area contributed by atoms with Crippen LogP contribution in [0.5, 0.6) is 0 Å². The lowest BCUT2D eigenvalue weighted by molar-refractivity contribution is 0.190. The highest BCUT2D eigenvalue weighted by molar-refractivity contribution is 7.13. The number of thiophene rings is 2. The second kappa shape index (κ2) is 10.3. The van der Waals surface area contributed by atoms with Gasteiger partial charge >= 0.3 is 0 Å². The molecule has 2 aromatic heterocycles. The molecule has 4 heteroatoms. The zero-order valence-electron chi connectivity index (χ0n) is 15.2. The van der Waals surface area contributed by atoms with E-state index in [1.54, 1.807) is 12.7 Å². The average Bonchev–Trinajstić information content (AvgIpc) is 3.34. The summed E-state index contributed by atoms with van der Waals surface area (Å²) >= 11 is 3.74. The molecule has 0 radical (unpaired) electrons. The molecule has 1 aliphatic heterocycles. The maximum absolute atomic E-state index is 5.12. The minimum atomic E-state index is 0.909. The van der Waals surface area contributed by atoms with Crippen molar-refractivity contribution in [2.24, 2.45) is 0 Å². The van der Waals surface area contributed by atoms with Crippen molar-refractivity contribution in [2.75, 3.05) is 33.4 Å². The summed E-state index contributed by atoms with van der Waals surface area (Å²) in [4.78, 5) is 5.52. The van der Waals surface area contributed by atoms with Gasteiger partial charge in [-0.15, -0.1) is 22.7 Å². The predicted octanol–water partition coefficient (Wildman–Crippen LogP) is 5.91. The summed E-state index contributed by atoms with van der Waals surface area (Å²) in [6.45, 7) is 4.60. The molecule has 0 spiro atoms. The number of hydrogen-bond donors (Lipinski definition) is 0. The molecule has 0 N–H and O–H groups in total. The van der Waals surface area contributed by atoms with Crippen LogP contribution in [0.4, 0.5) is 0 Å². The highest BCUT2D eigenvalue weighted by atomic mass is 32.1. The number of unbranched alkanes of at least 4 members (excludes halogenated alkanes) is 3. The van der Waals surface area contributed by atoms with Gasteiger partial charge in [-0.3, -0.25) is 0 Å². The van der Waals surface area contributed by atoms with Crippen LogP contribution < -0.4 is 0 Å². The van der Waals surface area contributed by atoms with Crippen LogP contribution in [0.25, 0.3) is 5.57 Å². The van der Waals surface area contributed by atoms with Crippen molar-refractivity contribution < 1.29 is 4.74 Å². The fourth-order valence-corrected chi connectivity index (χ4v) is 5.27. The largest absolute Gasteiger partial charge is 0.385 e. The first-order valence-electron chi connectivity index (χ1n) is 9.39. The first-order valence-corrected chi connectivity index (χ1v) is 11.2. The van der Waals surface area contributed by atoms with Gasteiger partial charge in [-0.25, -0.2) is 0 Å². The number of methoxy groups -OCH3 is 1. The Hall–Kier alpha value is -0.940. The third-order valence-electron chi connectivity index (χ3n) is 4.92. The van der Waals surface area contributed by atoms with Crippen LogP contribution in [0.3, 0.4) is 0 Å². The maximum Gasteiger partial charge on any atom is 0.0462 e. The molecule has 0 saturated carbocycles. The molecule has 0 bridgehead atoms. The number of likely N-dealkylation sites (tertiary alicyclic amines) is 1. The lowest BCUT2D eigenvalue weighted by atomic mass is 9.95. The van der Waals surface area contributed by atoms with E-state index in [2.05, 4.69) is 39.9 Å². The van der Waals surface area contributed by atoms with Crippen molar-refractivity contribution in [1.29, 1.82) is 0 Å². The Bertz CT molecular complexity index is 585. The molecule has 136 valence electrons. The molecule has 2 nitrogen and oxygen atoms in total. The number of hydrogen-bond acceptors (Lipinski definition) is 4. The van der Waals surface area contributed by atoms with Gasteiger partial charge in [-0.2, -0.15) is 0 Å². The third-order valence-corrected chi connectivity index (χ3v) is 6.70. The Morgan fingerprint density at radius 3 is 2.16 bits per heavy atom. The summed E-state index contributed by atoms with van der Waals surface area (Å²) in [5, 5.41) is 4.39. The first-order chi connectivity index (χ1) is 12.4. The third kappa shape index (κ3) is 5.52. The van der Waals surface area contributed by atoms with E-state index in [1.807, 2.05) is 22.7 Å². The van der Waals surface area contributed by atoms with Gasteiger partial charge in [0.05, 0.1) is 0 Å². The van der Waals surface area contributed by atoms with Gasteiger partial charge in [0, 0.05) is 42.1 Å². The quantitative estimate of drug-likeness (QED) is 0.505. The van der Waals surface area contributed by atoms with E-state index >= 15 is 0 Å². The van der Waals surface area contributed by atoms with E-state index in [4.69, 9.17) is 4.74 Å². The van der Waals surface area contributed by atoms with Crippen molar-refractivity contribution in [3.63, 3.8) is 0 Å². The molecule has 25 heavy (non-hydrogen) atoms. The molecule has 0 aromatic carbocycles. The van der Waals surface area contributed by atoms with Crippen LogP contribution >= 0.6 is 22.7 Å². The topological polar surface area (TPSA) is 12.5 Å². The summed E-state index contributed by atoms with van der Waals surface area (Å²) in [6, 6.07) is 8.90. The second-order valence-corrected chi connectivity index (χ2v) is 8.58. The second-order valence-electron chi connectivity index (χ2n) is 6.68. The molecule has 2 aromatic rings. The van der Waals surface area contributed by atoms with Crippen LogP contribution in [0.2, 0.25) is 0 Å². The first kappa shape index (κ1) is 18.8. The van der Waals surface area contributed by atoms with Crippen LogP contribution in [-0.4, -0.2) is 38.3 Å². The summed E-state index contributed by atoms with van der Waals surface area (Å²) in [7, 11) is 1.79. The standard InChI is InChI=1S/C21H29NOS2/c1-23-15-5-3-2-4-12-22-13-10-18(11-14-22)21(19-8-6-16-24-19)20-9-7-17-25-20/h6-9,16-17H,2-5,10-15H2,1H3. The fourth-order valence-electron chi connectivity index (χ4n) is 3.54. The lowest BCUT2D eigenvalue weighted by Crippen LogP contribution is -2.31. The van der Waals surface area contributed by atoms with Crippen molar-refractivity contribution in [3.8, 4) is 0 Å². The number of rotatable bonds is 9. The molecule has 0 unspecified atom stereocenters. The van der Waals surface area contributed by atoms with Gasteiger partial charge in [0.1, 0.15) is 0 Å². The average molecular weight is 376 g/mol. The fraction of sp³-hybridized carbons (Fsp3) is 0.524. The number of nitrogens with zero attached hydrogens (tertiary/aromatic N) is 1. The molecular formula is C21H29NOS2. The van der Waals surface area contributed by atoms with Gasteiger partial charge in [-0.05, 0) is 55.1 Å². The van der Waals surface area contributed by atoms with Crippen LogP contribution in [0, 0.1) is 0 Å². The zero-order valence-corrected chi connectivity index (χ0v) is 16.8. The Balaban J connectivity index is 1.54. The number of ether oxygens (including phenoxy) is 1. The molecule has 1 saturated heterocycles. The normalized spacial score (nSPS) is 15.6. The molecular weight excluding hydrogens is 346 g/mol. The molecule has 3 heterocycles. The van der Waals surface area contributed by atoms with Gasteiger partial charge < -0.3 is 9.64 Å². The van der Waals surface area contributed by atoms with Crippen molar-refractivity contribution in [3.05, 3.63) is 50.4 Å². The van der Waals surface area contributed by atoms with Crippen molar-refractivity contribution in [2.45, 2.75) is 38.5 Å². The van der Waals surface area contributed by atoms with Crippen molar-refractivity contribution >= 4 is 28.2 Å². The molecule has 3 rings (SSSR count). The molecule has 0 amide bonds. The van der Waals surface area contributed by atoms with Crippen LogP contribution in [0.1, 0.15) is 48.3 Å². The summed E-state index contributed by atoms with van der Waals surface area (Å²) in [5.74, 6) is 0. The smallest absolute Gasteiger partial charge is 0.0462 e. The Kier molecular flexibility index (Phi) is 7.74. The van der Waals surface area contributed by atoms with E-state index in [9.17, 15) is 0 Å². The van der Waals surface area contributed by atoms with Crippen LogP contribution in [-0.2, 0) is 4.74 Å². The van der Waals surface area contributed by atoms with E-state index < -0.39 is 0 Å². The van der Waals surface area contributed by atoms with E-state index in [0.717, 1.165) is 6.61 Å². The molecule has 0 aliphatic carbocycles.